The molecule has 2 heterocycles. The van der Waals surface area contributed by atoms with Crippen molar-refractivity contribution in [1.82, 2.24) is 15.0 Å². The fraction of sp³-hybridized carbons (Fsp3) is 0.0364. The maximum absolute atomic E-state index is 5.34. The van der Waals surface area contributed by atoms with Crippen LogP contribution in [0.15, 0.2) is 200 Å². The highest BCUT2D eigenvalue weighted by Gasteiger charge is 2.37. The summed E-state index contributed by atoms with van der Waals surface area (Å²) < 4.78 is 0. The number of rotatable bonds is 6. The van der Waals surface area contributed by atoms with Crippen LogP contribution in [0, 0.1) is 0 Å². The van der Waals surface area contributed by atoms with Crippen molar-refractivity contribution in [3.8, 4) is 78.7 Å². The lowest BCUT2D eigenvalue weighted by atomic mass is 9.87. The Balaban J connectivity index is 1.12. The van der Waals surface area contributed by atoms with Gasteiger partial charge in [0.15, 0.2) is 17.5 Å². The highest BCUT2D eigenvalue weighted by atomic mass is 28.3. The molecule has 1 aromatic heterocycles. The van der Waals surface area contributed by atoms with Gasteiger partial charge in [-0.3, -0.25) is 0 Å². The Morgan fingerprint density at radius 2 is 0.661 bits per heavy atom. The van der Waals surface area contributed by atoms with Crippen molar-refractivity contribution in [3.63, 3.8) is 0 Å². The molecule has 0 N–H and O–H groups in total. The third kappa shape index (κ3) is 5.91. The van der Waals surface area contributed by atoms with E-state index in [0.717, 1.165) is 38.6 Å². The number of benzene rings is 9. The third-order valence-corrected chi connectivity index (χ3v) is 15.7. The summed E-state index contributed by atoms with van der Waals surface area (Å²) in [5.41, 5.74) is 12.8. The van der Waals surface area contributed by atoms with Crippen LogP contribution in [0.4, 0.5) is 0 Å². The summed E-state index contributed by atoms with van der Waals surface area (Å²) in [6.45, 7) is 4.97. The van der Waals surface area contributed by atoms with Gasteiger partial charge in [0.1, 0.15) is 8.07 Å². The van der Waals surface area contributed by atoms with E-state index < -0.39 is 8.07 Å². The van der Waals surface area contributed by atoms with Crippen molar-refractivity contribution in [2.45, 2.75) is 13.1 Å². The summed E-state index contributed by atoms with van der Waals surface area (Å²) >= 11 is 0. The minimum Gasteiger partial charge on any atom is -0.208 e. The Kier molecular flexibility index (Phi) is 8.28. The SMILES string of the molecule is C[Si]1(C)c2ccccc2-c2ccc(-c3c4ccccc4c(-c4nc(-c5ccc(-c6ccccc6)cc5)nc(-c5ccc(-c6ccccc6)cc5)n4)c4ccccc34)cc21. The Hall–Kier alpha value is -7.27. The van der Waals surface area contributed by atoms with Crippen molar-refractivity contribution < 1.29 is 0 Å². The van der Waals surface area contributed by atoms with E-state index in [-0.39, 0.29) is 0 Å². The zero-order valence-electron chi connectivity index (χ0n) is 32.9. The summed E-state index contributed by atoms with van der Waals surface area (Å²) in [6.07, 6.45) is 0. The molecule has 1 aliphatic heterocycles. The molecule has 0 atom stereocenters. The second-order valence-electron chi connectivity index (χ2n) is 16.0. The van der Waals surface area contributed by atoms with E-state index in [1.165, 1.54) is 54.5 Å². The standard InChI is InChI=1S/C55H39N3Si/c1-59(2)49-24-14-13-19-43(49)44-34-33-42(35-50(44)59)51-45-20-9-11-22-47(45)52(48-23-12-10-21-46(48)51)55-57-53(40-29-25-38(26-30-40)36-15-5-3-6-16-36)56-54(58-55)41-31-27-39(28-32-41)37-17-7-4-8-18-37/h3-35H,1-2H3. The van der Waals surface area contributed by atoms with Gasteiger partial charge in [-0.05, 0) is 76.4 Å². The fourth-order valence-electron chi connectivity index (χ4n) is 9.17. The largest absolute Gasteiger partial charge is 0.208 e. The lowest BCUT2D eigenvalue weighted by molar-refractivity contribution is 1.08. The first kappa shape index (κ1) is 34.9. The summed E-state index contributed by atoms with van der Waals surface area (Å²) in [5, 5.41) is 7.60. The molecule has 0 saturated carbocycles. The fourth-order valence-corrected chi connectivity index (χ4v) is 12.3. The highest BCUT2D eigenvalue weighted by Crippen LogP contribution is 2.44. The van der Waals surface area contributed by atoms with Gasteiger partial charge < -0.3 is 0 Å². The smallest absolute Gasteiger partial charge is 0.165 e. The van der Waals surface area contributed by atoms with E-state index in [1.807, 2.05) is 12.1 Å². The van der Waals surface area contributed by atoms with Crippen LogP contribution in [0.1, 0.15) is 0 Å². The number of aromatic nitrogens is 3. The van der Waals surface area contributed by atoms with Gasteiger partial charge in [0.05, 0.1) is 0 Å². The Morgan fingerprint density at radius 3 is 1.19 bits per heavy atom. The Labute approximate surface area is 345 Å². The molecule has 0 radical (unpaired) electrons. The number of hydrogen-bond acceptors (Lipinski definition) is 3. The molecule has 59 heavy (non-hydrogen) atoms. The van der Waals surface area contributed by atoms with Crippen molar-refractivity contribution in [3.05, 3.63) is 200 Å². The van der Waals surface area contributed by atoms with Crippen LogP contribution in [-0.4, -0.2) is 23.0 Å². The topological polar surface area (TPSA) is 38.7 Å². The Morgan fingerprint density at radius 1 is 0.288 bits per heavy atom. The number of hydrogen-bond donors (Lipinski definition) is 0. The maximum Gasteiger partial charge on any atom is 0.165 e. The highest BCUT2D eigenvalue weighted by molar-refractivity contribution is 7.03. The minimum atomic E-state index is -1.89. The second kappa shape index (κ2) is 14.0. The minimum absolute atomic E-state index is 0.638. The lowest BCUT2D eigenvalue weighted by Crippen LogP contribution is -2.49. The first-order chi connectivity index (χ1) is 29.0. The van der Waals surface area contributed by atoms with Gasteiger partial charge in [-0.1, -0.05) is 213 Å². The summed E-state index contributed by atoms with van der Waals surface area (Å²) in [7, 11) is -1.89. The zero-order chi connectivity index (χ0) is 39.5. The number of nitrogens with zero attached hydrogens (tertiary/aromatic N) is 3. The second-order valence-corrected chi connectivity index (χ2v) is 20.3. The van der Waals surface area contributed by atoms with E-state index in [9.17, 15) is 0 Å². The molecule has 0 amide bonds. The quantitative estimate of drug-likeness (QED) is 0.125. The van der Waals surface area contributed by atoms with E-state index in [2.05, 4.69) is 201 Å². The molecule has 278 valence electrons. The molecule has 0 unspecified atom stereocenters. The molecule has 0 aliphatic carbocycles. The van der Waals surface area contributed by atoms with Crippen LogP contribution in [0.25, 0.3) is 100 Å². The van der Waals surface area contributed by atoms with Gasteiger partial charge in [-0.15, -0.1) is 0 Å². The van der Waals surface area contributed by atoms with E-state index in [1.54, 1.807) is 0 Å². The van der Waals surface area contributed by atoms with E-state index >= 15 is 0 Å². The average molecular weight is 770 g/mol. The van der Waals surface area contributed by atoms with Crippen molar-refractivity contribution in [2.24, 2.45) is 0 Å². The van der Waals surface area contributed by atoms with Crippen LogP contribution in [0.3, 0.4) is 0 Å². The molecule has 0 spiro atoms. The lowest BCUT2D eigenvalue weighted by Gasteiger charge is -2.21. The van der Waals surface area contributed by atoms with Crippen molar-refractivity contribution >= 4 is 40.0 Å². The molecule has 0 saturated heterocycles. The first-order valence-electron chi connectivity index (χ1n) is 20.3. The van der Waals surface area contributed by atoms with Gasteiger partial charge in [-0.2, -0.15) is 0 Å². The molecule has 3 nitrogen and oxygen atoms in total. The van der Waals surface area contributed by atoms with Crippen LogP contribution >= 0.6 is 0 Å². The average Bonchev–Trinajstić information content (AvgIpc) is 3.53. The van der Waals surface area contributed by atoms with Gasteiger partial charge in [0.25, 0.3) is 0 Å². The molecule has 4 heteroatoms. The predicted molar refractivity (Wildman–Crippen MR) is 250 cm³/mol. The first-order valence-corrected chi connectivity index (χ1v) is 23.3. The predicted octanol–water partition coefficient (Wildman–Crippen LogP) is 13.0. The monoisotopic (exact) mass is 769 g/mol. The third-order valence-electron chi connectivity index (χ3n) is 12.2. The maximum atomic E-state index is 5.34. The summed E-state index contributed by atoms with van der Waals surface area (Å²) in [4.78, 5) is 15.9. The van der Waals surface area contributed by atoms with Crippen molar-refractivity contribution in [1.29, 1.82) is 0 Å². The summed E-state index contributed by atoms with van der Waals surface area (Å²) in [6, 6.07) is 71.8. The summed E-state index contributed by atoms with van der Waals surface area (Å²) in [5.74, 6) is 1.93. The molecule has 0 fully saturated rings. The normalized spacial score (nSPS) is 12.7. The molecule has 10 aromatic rings. The van der Waals surface area contributed by atoms with E-state index in [0.29, 0.717) is 17.5 Å². The van der Waals surface area contributed by atoms with E-state index in [4.69, 9.17) is 15.0 Å². The molecular formula is C55H39N3Si. The molecule has 11 rings (SSSR count). The molecule has 1 aliphatic rings. The van der Waals surface area contributed by atoms with Crippen LogP contribution in [0.5, 0.6) is 0 Å². The molecule has 9 aromatic carbocycles. The van der Waals surface area contributed by atoms with Gasteiger partial charge in [0, 0.05) is 16.7 Å². The van der Waals surface area contributed by atoms with Crippen LogP contribution < -0.4 is 10.4 Å². The van der Waals surface area contributed by atoms with Crippen LogP contribution in [0.2, 0.25) is 13.1 Å². The van der Waals surface area contributed by atoms with Gasteiger partial charge in [0.2, 0.25) is 0 Å². The van der Waals surface area contributed by atoms with Crippen molar-refractivity contribution in [2.75, 3.05) is 0 Å². The molecule has 0 bridgehead atoms. The number of fused-ring (bicyclic) bond motifs is 5. The molecular weight excluding hydrogens is 731 g/mol. The zero-order valence-corrected chi connectivity index (χ0v) is 33.9. The Bertz CT molecular complexity index is 3050. The van der Waals surface area contributed by atoms with Crippen LogP contribution in [-0.2, 0) is 0 Å². The van der Waals surface area contributed by atoms with Gasteiger partial charge >= 0.3 is 0 Å². The van der Waals surface area contributed by atoms with Gasteiger partial charge in [-0.25, -0.2) is 15.0 Å².